The number of methoxy groups -OCH3 is 1. The van der Waals surface area contributed by atoms with Crippen LogP contribution in [-0.2, 0) is 16.0 Å². The molecule has 0 spiro atoms. The number of carbonyl (C=O) groups excluding carboxylic acids is 1. The van der Waals surface area contributed by atoms with E-state index in [-0.39, 0.29) is 11.7 Å². The molecular weight excluding hydrogens is 514 g/mol. The van der Waals surface area contributed by atoms with Gasteiger partial charge in [-0.1, -0.05) is 48.5 Å². The molecule has 0 unspecified atom stereocenters. The zero-order valence-electron chi connectivity index (χ0n) is 21.5. The van der Waals surface area contributed by atoms with E-state index in [1.807, 2.05) is 54.7 Å². The monoisotopic (exact) mass is 541 g/mol. The van der Waals surface area contributed by atoms with Crippen molar-refractivity contribution in [3.05, 3.63) is 95.0 Å². The van der Waals surface area contributed by atoms with E-state index in [4.69, 9.17) is 14.5 Å². The smallest absolute Gasteiger partial charge is 0.344 e. The maximum Gasteiger partial charge on any atom is 0.344 e. The minimum atomic E-state index is -1.11. The number of nitrogens with zero attached hydrogens (tertiary/aromatic N) is 2. The number of fused-ring (bicyclic) bond motifs is 1. The molecule has 39 heavy (non-hydrogen) atoms. The summed E-state index contributed by atoms with van der Waals surface area (Å²) in [6.45, 7) is 1.88. The molecule has 4 aromatic rings. The fourth-order valence-corrected chi connectivity index (χ4v) is 5.29. The van der Waals surface area contributed by atoms with Crippen molar-refractivity contribution in [1.82, 2.24) is 9.88 Å². The van der Waals surface area contributed by atoms with Crippen LogP contribution in [0.5, 0.6) is 11.5 Å². The minimum Gasteiger partial charge on any atom is -0.493 e. The summed E-state index contributed by atoms with van der Waals surface area (Å²) < 4.78 is 11.1. The van der Waals surface area contributed by atoms with Gasteiger partial charge in [0.25, 0.3) is 5.91 Å². The highest BCUT2D eigenvalue weighted by molar-refractivity contribution is 8.18. The fourth-order valence-electron chi connectivity index (χ4n) is 4.27. The normalized spacial score (nSPS) is 16.3. The molecule has 0 radical (unpaired) electrons. The maximum absolute atomic E-state index is 13.7. The second-order valence-electron chi connectivity index (χ2n) is 8.88. The Labute approximate surface area is 230 Å². The van der Waals surface area contributed by atoms with E-state index in [2.05, 4.69) is 11.1 Å². The number of ether oxygens (including phenoxy) is 2. The molecule has 1 aliphatic rings. The number of hydrogen-bond acceptors (Lipinski definition) is 6. The average molecular weight is 542 g/mol. The van der Waals surface area contributed by atoms with Gasteiger partial charge in [0, 0.05) is 29.2 Å². The molecule has 0 aliphatic carbocycles. The van der Waals surface area contributed by atoms with Gasteiger partial charge in [0.15, 0.2) is 22.8 Å². The number of aliphatic carboxylic acids is 1. The largest absolute Gasteiger partial charge is 0.493 e. The van der Waals surface area contributed by atoms with E-state index in [0.717, 1.165) is 22.2 Å². The summed E-state index contributed by atoms with van der Waals surface area (Å²) in [4.78, 5) is 35.4. The molecule has 2 heterocycles. The molecule has 0 saturated carbocycles. The molecule has 1 saturated heterocycles. The predicted molar refractivity (Wildman–Crippen MR) is 154 cm³/mol. The van der Waals surface area contributed by atoms with Crippen molar-refractivity contribution in [2.45, 2.75) is 19.4 Å². The number of carbonyl (C=O) groups is 2. The zero-order chi connectivity index (χ0) is 27.4. The minimum absolute atomic E-state index is 0.186. The number of H-pyrrole nitrogens is 1. The van der Waals surface area contributed by atoms with Crippen molar-refractivity contribution < 1.29 is 24.2 Å². The maximum atomic E-state index is 13.7. The molecule has 1 aromatic heterocycles. The first-order valence-corrected chi connectivity index (χ1v) is 13.2. The summed E-state index contributed by atoms with van der Waals surface area (Å²) in [6.07, 6.45) is 3.22. The summed E-state index contributed by atoms with van der Waals surface area (Å²) in [5.74, 6) is -0.655. The van der Waals surface area contributed by atoms with Crippen molar-refractivity contribution in [3.8, 4) is 11.5 Å². The van der Waals surface area contributed by atoms with E-state index in [1.54, 1.807) is 29.2 Å². The van der Waals surface area contributed by atoms with E-state index in [1.165, 1.54) is 25.8 Å². The molecule has 1 aliphatic heterocycles. The summed E-state index contributed by atoms with van der Waals surface area (Å²) in [5, 5.41) is 11.1. The summed E-state index contributed by atoms with van der Waals surface area (Å²) in [5.41, 5.74) is 3.45. The average Bonchev–Trinajstić information content (AvgIpc) is 3.49. The summed E-state index contributed by atoms with van der Waals surface area (Å²) >= 11 is 1.27. The van der Waals surface area contributed by atoms with Crippen molar-refractivity contribution in [2.24, 2.45) is 4.99 Å². The lowest BCUT2D eigenvalue weighted by Gasteiger charge is -2.16. The third-order valence-electron chi connectivity index (χ3n) is 6.31. The number of carboxylic acids is 1. The first-order chi connectivity index (χ1) is 18.9. The summed E-state index contributed by atoms with van der Waals surface area (Å²) in [6, 6.07) is 22.8. The van der Waals surface area contributed by atoms with Gasteiger partial charge in [-0.15, -0.1) is 0 Å². The molecule has 9 heteroatoms. The van der Waals surface area contributed by atoms with Gasteiger partial charge >= 0.3 is 5.97 Å². The lowest BCUT2D eigenvalue weighted by Crippen LogP contribution is -2.31. The molecular formula is C30H27N3O5S. The van der Waals surface area contributed by atoms with E-state index in [9.17, 15) is 14.7 Å². The Hall–Kier alpha value is -4.50. The number of aromatic amines is 1. The topological polar surface area (TPSA) is 104 Å². The Morgan fingerprint density at radius 1 is 1.10 bits per heavy atom. The van der Waals surface area contributed by atoms with E-state index >= 15 is 0 Å². The lowest BCUT2D eigenvalue weighted by atomic mass is 10.1. The molecule has 8 nitrogen and oxygen atoms in total. The predicted octanol–water partition coefficient (Wildman–Crippen LogP) is 5.88. The highest BCUT2D eigenvalue weighted by Crippen LogP contribution is 2.39. The Bertz CT molecular complexity index is 1580. The number of thioether (sulfide) groups is 1. The highest BCUT2D eigenvalue weighted by Gasteiger charge is 2.34. The van der Waals surface area contributed by atoms with Crippen LogP contribution in [0.15, 0.2) is 88.9 Å². The first-order valence-electron chi connectivity index (χ1n) is 12.4. The number of rotatable bonds is 9. The fraction of sp³-hybridized carbons (Fsp3) is 0.167. The quantitative estimate of drug-likeness (QED) is 0.257. The number of nitrogens with one attached hydrogen (secondary N) is 1. The number of para-hydroxylation sites is 3. The molecule has 2 N–H and O–H groups in total. The number of benzene rings is 3. The standard InChI is InChI=1S/C30H27N3O5S/c1-19(29(35)36)38-27-20(9-8-14-25(27)37-2)17-26-28(34)33(30(39-26)32-22-10-4-3-5-11-22)16-15-21-18-31-24-13-7-6-12-23(21)24/h3-14,17-19,31H,15-16H2,1-2H3,(H,35,36)/b26-17-,32-30?/t19-/m0/s1. The van der Waals surface area contributed by atoms with Crippen LogP contribution in [-0.4, -0.2) is 51.8 Å². The Morgan fingerprint density at radius 2 is 1.87 bits per heavy atom. The molecule has 1 fully saturated rings. The van der Waals surface area contributed by atoms with E-state index < -0.39 is 12.1 Å². The van der Waals surface area contributed by atoms with Crippen LogP contribution >= 0.6 is 11.8 Å². The summed E-state index contributed by atoms with van der Waals surface area (Å²) in [7, 11) is 1.48. The van der Waals surface area contributed by atoms with Gasteiger partial charge in [0.2, 0.25) is 0 Å². The van der Waals surface area contributed by atoms with Crippen LogP contribution in [0.25, 0.3) is 17.0 Å². The van der Waals surface area contributed by atoms with Crippen LogP contribution in [0, 0.1) is 0 Å². The van der Waals surface area contributed by atoms with E-state index in [0.29, 0.717) is 34.4 Å². The van der Waals surface area contributed by atoms with Crippen LogP contribution < -0.4 is 9.47 Å². The van der Waals surface area contributed by atoms with Crippen LogP contribution in [0.4, 0.5) is 5.69 Å². The second-order valence-corrected chi connectivity index (χ2v) is 9.89. The SMILES string of the molecule is COc1cccc(/C=C2\SC(=Nc3ccccc3)N(CCc3c[nH]c4ccccc34)C2=O)c1O[C@@H](C)C(=O)O. The number of aromatic nitrogens is 1. The third kappa shape index (κ3) is 5.68. The van der Waals surface area contributed by atoms with Gasteiger partial charge in [-0.05, 0) is 61.0 Å². The molecule has 198 valence electrons. The van der Waals surface area contributed by atoms with Crippen LogP contribution in [0.1, 0.15) is 18.1 Å². The van der Waals surface area contributed by atoms with Crippen molar-refractivity contribution in [2.75, 3.05) is 13.7 Å². The number of carboxylic acid groups (broad SMARTS) is 1. The molecule has 5 rings (SSSR count). The van der Waals surface area contributed by atoms with Gasteiger partial charge < -0.3 is 19.6 Å². The Kier molecular flexibility index (Phi) is 7.69. The lowest BCUT2D eigenvalue weighted by molar-refractivity contribution is -0.144. The van der Waals surface area contributed by atoms with Gasteiger partial charge in [-0.25, -0.2) is 9.79 Å². The van der Waals surface area contributed by atoms with Gasteiger partial charge in [-0.2, -0.15) is 0 Å². The van der Waals surface area contributed by atoms with Crippen molar-refractivity contribution in [3.63, 3.8) is 0 Å². The van der Waals surface area contributed by atoms with Gasteiger partial charge in [-0.3, -0.25) is 9.69 Å². The molecule has 1 amide bonds. The number of aliphatic imine (C=N–C) groups is 1. The van der Waals surface area contributed by atoms with Crippen LogP contribution in [0.2, 0.25) is 0 Å². The number of amidine groups is 1. The zero-order valence-corrected chi connectivity index (χ0v) is 22.3. The Morgan fingerprint density at radius 3 is 2.64 bits per heavy atom. The van der Waals surface area contributed by atoms with Gasteiger partial charge in [0.05, 0.1) is 17.7 Å². The number of hydrogen-bond donors (Lipinski definition) is 2. The molecule has 1 atom stereocenters. The number of amides is 1. The third-order valence-corrected chi connectivity index (χ3v) is 7.31. The molecule has 0 bridgehead atoms. The van der Waals surface area contributed by atoms with Gasteiger partial charge in [0.1, 0.15) is 0 Å². The van der Waals surface area contributed by atoms with Crippen molar-refractivity contribution in [1.29, 1.82) is 0 Å². The highest BCUT2D eigenvalue weighted by atomic mass is 32.2. The van der Waals surface area contributed by atoms with Crippen LogP contribution in [0.3, 0.4) is 0 Å². The van der Waals surface area contributed by atoms with Crippen molar-refractivity contribution >= 4 is 51.5 Å². The Balaban J connectivity index is 1.49. The second kappa shape index (κ2) is 11.5. The first kappa shape index (κ1) is 26.1. The molecule has 3 aromatic carbocycles.